The van der Waals surface area contributed by atoms with E-state index < -0.39 is 0 Å². The molecule has 0 aliphatic heterocycles. The summed E-state index contributed by atoms with van der Waals surface area (Å²) in [6, 6.07) is 14.9. The number of anilines is 1. The number of nitrogen functional groups attached to an aromatic ring is 1. The number of carbonyl (C=O) groups excluding carboxylic acids is 1. The monoisotopic (exact) mass is 364 g/mol. The van der Waals surface area contributed by atoms with E-state index in [1.807, 2.05) is 36.4 Å². The van der Waals surface area contributed by atoms with E-state index in [4.69, 9.17) is 15.2 Å². The molecule has 136 valence electrons. The molecule has 1 amide bonds. The average molecular weight is 365 g/mol. The minimum absolute atomic E-state index is 0. The molecule has 6 heteroatoms. The summed E-state index contributed by atoms with van der Waals surface area (Å²) in [5, 5.41) is 2.92. The predicted octanol–water partition coefficient (Wildman–Crippen LogP) is 3.08. The van der Waals surface area contributed by atoms with Crippen molar-refractivity contribution in [1.29, 1.82) is 0 Å². The van der Waals surface area contributed by atoms with Crippen LogP contribution in [0.1, 0.15) is 22.3 Å². The Morgan fingerprint density at radius 1 is 1.12 bits per heavy atom. The highest BCUT2D eigenvalue weighted by Crippen LogP contribution is 2.13. The fraction of sp³-hybridized carbons (Fsp3) is 0.316. The van der Waals surface area contributed by atoms with Crippen molar-refractivity contribution >= 4 is 24.0 Å². The van der Waals surface area contributed by atoms with Gasteiger partial charge in [0, 0.05) is 37.9 Å². The average Bonchev–Trinajstić information content (AvgIpc) is 2.61. The second kappa shape index (κ2) is 11.3. The Balaban J connectivity index is 0.00000312. The van der Waals surface area contributed by atoms with Gasteiger partial charge in [-0.05, 0) is 42.3 Å². The quantitative estimate of drug-likeness (QED) is 0.529. The lowest BCUT2D eigenvalue weighted by Crippen LogP contribution is -2.25. The van der Waals surface area contributed by atoms with Gasteiger partial charge in [0.2, 0.25) is 0 Å². The molecule has 0 bridgehead atoms. The van der Waals surface area contributed by atoms with Gasteiger partial charge in [0.1, 0.15) is 5.75 Å². The van der Waals surface area contributed by atoms with E-state index in [1.165, 1.54) is 0 Å². The highest BCUT2D eigenvalue weighted by molar-refractivity contribution is 5.94. The molecule has 2 aromatic rings. The number of carbonyl (C=O) groups is 1. The van der Waals surface area contributed by atoms with Crippen molar-refractivity contribution in [3.63, 3.8) is 0 Å². The number of hydrogen-bond donors (Lipinski definition) is 2. The maximum atomic E-state index is 12.2. The van der Waals surface area contributed by atoms with Crippen molar-refractivity contribution in [1.82, 2.24) is 5.32 Å². The van der Waals surface area contributed by atoms with Crippen LogP contribution in [0.4, 0.5) is 5.69 Å². The first-order chi connectivity index (χ1) is 11.7. The number of nitrogens with one attached hydrogen (secondary N) is 1. The maximum Gasteiger partial charge on any atom is 0.251 e. The molecule has 0 unspecified atom stereocenters. The van der Waals surface area contributed by atoms with E-state index in [2.05, 4.69) is 5.32 Å². The van der Waals surface area contributed by atoms with Gasteiger partial charge < -0.3 is 20.5 Å². The molecule has 2 rings (SSSR count). The summed E-state index contributed by atoms with van der Waals surface area (Å²) in [4.78, 5) is 12.2. The van der Waals surface area contributed by atoms with Crippen molar-refractivity contribution < 1.29 is 14.3 Å². The van der Waals surface area contributed by atoms with Crippen LogP contribution in [0.25, 0.3) is 0 Å². The lowest BCUT2D eigenvalue weighted by molar-refractivity contribution is 0.0953. The smallest absolute Gasteiger partial charge is 0.251 e. The van der Waals surface area contributed by atoms with Gasteiger partial charge in [-0.25, -0.2) is 0 Å². The van der Waals surface area contributed by atoms with Gasteiger partial charge in [-0.2, -0.15) is 0 Å². The van der Waals surface area contributed by atoms with Gasteiger partial charge in [-0.3, -0.25) is 4.79 Å². The van der Waals surface area contributed by atoms with Crippen LogP contribution in [0.5, 0.6) is 5.75 Å². The molecule has 0 aliphatic rings. The standard InChI is InChI=1S/C19H24N2O3.ClH/c1-23-12-3-13-24-18-5-2-4-16(14-18)19(22)21-11-10-15-6-8-17(20)9-7-15;/h2,4-9,14H,3,10-13,20H2,1H3,(H,21,22);1H. The highest BCUT2D eigenvalue weighted by atomic mass is 35.5. The Kier molecular flexibility index (Phi) is 9.43. The first-order valence-corrected chi connectivity index (χ1v) is 8.03. The molecule has 5 nitrogen and oxygen atoms in total. The molecule has 0 aliphatic carbocycles. The van der Waals surface area contributed by atoms with Crippen molar-refractivity contribution in [3.8, 4) is 5.75 Å². The first-order valence-electron chi connectivity index (χ1n) is 8.03. The van der Waals surface area contributed by atoms with Crippen LogP contribution in [0.2, 0.25) is 0 Å². The number of hydrogen-bond acceptors (Lipinski definition) is 4. The molecule has 3 N–H and O–H groups in total. The van der Waals surface area contributed by atoms with Crippen molar-refractivity contribution in [2.45, 2.75) is 12.8 Å². The molecule has 0 radical (unpaired) electrons. The Morgan fingerprint density at radius 3 is 2.60 bits per heavy atom. The Bertz CT molecular complexity index is 647. The largest absolute Gasteiger partial charge is 0.493 e. The van der Waals surface area contributed by atoms with E-state index in [9.17, 15) is 4.79 Å². The number of halogens is 1. The lowest BCUT2D eigenvalue weighted by Gasteiger charge is -2.09. The Labute approximate surface area is 154 Å². The number of rotatable bonds is 9. The fourth-order valence-corrected chi connectivity index (χ4v) is 2.23. The van der Waals surface area contributed by atoms with E-state index in [1.54, 1.807) is 19.2 Å². The van der Waals surface area contributed by atoms with E-state index in [0.29, 0.717) is 31.1 Å². The number of nitrogens with two attached hydrogens (primary N) is 1. The minimum Gasteiger partial charge on any atom is -0.493 e. The van der Waals surface area contributed by atoms with Crippen LogP contribution in [0.3, 0.4) is 0 Å². The summed E-state index contributed by atoms with van der Waals surface area (Å²) in [5.41, 5.74) is 8.13. The number of amides is 1. The molecule has 0 saturated heterocycles. The third-order valence-electron chi connectivity index (χ3n) is 3.54. The fourth-order valence-electron chi connectivity index (χ4n) is 2.23. The van der Waals surface area contributed by atoms with E-state index >= 15 is 0 Å². The number of ether oxygens (including phenoxy) is 2. The third-order valence-corrected chi connectivity index (χ3v) is 3.54. The molecule has 0 heterocycles. The second-order valence-corrected chi connectivity index (χ2v) is 5.47. The summed E-state index contributed by atoms with van der Waals surface area (Å²) >= 11 is 0. The SMILES string of the molecule is COCCCOc1cccc(C(=O)NCCc2ccc(N)cc2)c1.Cl. The molecule has 2 aromatic carbocycles. The zero-order valence-corrected chi connectivity index (χ0v) is 15.2. The predicted molar refractivity (Wildman–Crippen MR) is 103 cm³/mol. The normalized spacial score (nSPS) is 9.96. The molecule has 0 spiro atoms. The molecule has 0 atom stereocenters. The summed E-state index contributed by atoms with van der Waals surface area (Å²) in [6.45, 7) is 1.79. The van der Waals surface area contributed by atoms with Crippen LogP contribution in [0, 0.1) is 0 Å². The minimum atomic E-state index is -0.104. The van der Waals surface area contributed by atoms with Crippen molar-refractivity contribution in [2.24, 2.45) is 0 Å². The zero-order valence-electron chi connectivity index (χ0n) is 14.4. The van der Waals surface area contributed by atoms with Crippen molar-refractivity contribution in [3.05, 3.63) is 59.7 Å². The molecule has 0 saturated carbocycles. The van der Waals surface area contributed by atoms with Crippen LogP contribution in [-0.2, 0) is 11.2 Å². The van der Waals surface area contributed by atoms with Crippen LogP contribution in [-0.4, -0.2) is 32.8 Å². The lowest BCUT2D eigenvalue weighted by atomic mass is 10.1. The Morgan fingerprint density at radius 2 is 1.88 bits per heavy atom. The van der Waals surface area contributed by atoms with Gasteiger partial charge >= 0.3 is 0 Å². The molecule has 0 aromatic heterocycles. The van der Waals surface area contributed by atoms with Crippen molar-refractivity contribution in [2.75, 3.05) is 32.6 Å². The van der Waals surface area contributed by atoms with E-state index in [-0.39, 0.29) is 18.3 Å². The van der Waals surface area contributed by atoms with Gasteiger partial charge in [0.05, 0.1) is 6.61 Å². The van der Waals surface area contributed by atoms with Crippen LogP contribution < -0.4 is 15.8 Å². The number of benzene rings is 2. The molecule has 25 heavy (non-hydrogen) atoms. The summed E-state index contributed by atoms with van der Waals surface area (Å²) in [5.74, 6) is 0.588. The molecular weight excluding hydrogens is 340 g/mol. The molecular formula is C19H25ClN2O3. The summed E-state index contributed by atoms with van der Waals surface area (Å²) < 4.78 is 10.6. The first kappa shape index (κ1) is 20.8. The van der Waals surface area contributed by atoms with Gasteiger partial charge in [0.25, 0.3) is 5.91 Å². The van der Waals surface area contributed by atoms with Crippen LogP contribution in [0.15, 0.2) is 48.5 Å². The highest BCUT2D eigenvalue weighted by Gasteiger charge is 2.06. The molecule has 0 fully saturated rings. The van der Waals surface area contributed by atoms with Gasteiger partial charge in [0.15, 0.2) is 0 Å². The zero-order chi connectivity index (χ0) is 17.2. The number of methoxy groups -OCH3 is 1. The van der Waals surface area contributed by atoms with Crippen LogP contribution >= 0.6 is 12.4 Å². The topological polar surface area (TPSA) is 73.6 Å². The summed E-state index contributed by atoms with van der Waals surface area (Å²) in [7, 11) is 1.66. The van der Waals surface area contributed by atoms with E-state index in [0.717, 1.165) is 24.1 Å². The van der Waals surface area contributed by atoms with Gasteiger partial charge in [-0.1, -0.05) is 18.2 Å². The maximum absolute atomic E-state index is 12.2. The third kappa shape index (κ3) is 7.45. The second-order valence-electron chi connectivity index (χ2n) is 5.47. The Hall–Kier alpha value is -2.24. The summed E-state index contributed by atoms with van der Waals surface area (Å²) in [6.07, 6.45) is 1.58. The van der Waals surface area contributed by atoms with Gasteiger partial charge in [-0.15, -0.1) is 12.4 Å².